The molecule has 2 atom stereocenters. The standard InChI is InChI=1S/C30H34FN3O5S/c1-20-25-15-23(16-27(20)34(2)40(3,37)38)18-39-29(36)30(32,19-31)17-22-9-7-8-21(14-22)12-13-26(33-28(25)35)24-10-5-4-6-11-24/h4-11,14-16,26H,12-13,17-19,32H2,1-3H3,(H,33,35). The number of nitrogens with zero attached hydrogens (tertiary/aromatic N) is 1. The monoisotopic (exact) mass is 567 g/mol. The number of aryl methyl sites for hydroxylation is 1. The van der Waals surface area contributed by atoms with Crippen LogP contribution in [0.15, 0.2) is 66.7 Å². The number of esters is 1. The molecule has 8 nitrogen and oxygen atoms in total. The number of amides is 1. The normalized spacial score (nSPS) is 20.4. The van der Waals surface area contributed by atoms with Gasteiger partial charge < -0.3 is 15.8 Å². The fraction of sp³-hybridized carbons (Fsp3) is 0.333. The number of fused-ring (bicyclic) bond motifs is 4. The lowest BCUT2D eigenvalue weighted by molar-refractivity contribution is -0.152. The van der Waals surface area contributed by atoms with E-state index in [1.165, 1.54) is 13.1 Å². The van der Waals surface area contributed by atoms with E-state index in [0.29, 0.717) is 29.5 Å². The molecule has 4 bridgehead atoms. The Hall–Kier alpha value is -3.76. The van der Waals surface area contributed by atoms with Crippen LogP contribution in [0.4, 0.5) is 10.1 Å². The first-order valence-electron chi connectivity index (χ1n) is 12.9. The average molecular weight is 568 g/mol. The third-order valence-electron chi connectivity index (χ3n) is 7.28. The number of sulfonamides is 1. The van der Waals surface area contributed by atoms with Crippen molar-refractivity contribution < 1.29 is 27.1 Å². The Bertz CT molecular complexity index is 1510. The highest BCUT2D eigenvalue weighted by Crippen LogP contribution is 2.29. The summed E-state index contributed by atoms with van der Waals surface area (Å²) < 4.78 is 45.5. The van der Waals surface area contributed by atoms with Crippen LogP contribution in [-0.2, 0) is 39.0 Å². The maximum absolute atomic E-state index is 14.2. The number of carbonyl (C=O) groups excluding carboxylic acids is 2. The van der Waals surface area contributed by atoms with Gasteiger partial charge in [0.15, 0.2) is 0 Å². The van der Waals surface area contributed by atoms with Crippen LogP contribution in [0.5, 0.6) is 0 Å². The lowest BCUT2D eigenvalue weighted by Crippen LogP contribution is -2.53. The van der Waals surface area contributed by atoms with Crippen molar-refractivity contribution in [2.45, 2.75) is 44.4 Å². The zero-order chi connectivity index (χ0) is 29.1. The molecule has 1 amide bonds. The van der Waals surface area contributed by atoms with Gasteiger partial charge in [-0.25, -0.2) is 17.6 Å². The summed E-state index contributed by atoms with van der Waals surface area (Å²) in [6, 6.07) is 19.8. The third kappa shape index (κ3) is 6.51. The van der Waals surface area contributed by atoms with Crippen molar-refractivity contribution in [2.75, 3.05) is 24.3 Å². The molecule has 0 saturated heterocycles. The summed E-state index contributed by atoms with van der Waals surface area (Å²) in [5.74, 6) is -1.33. The number of nitrogens with two attached hydrogens (primary N) is 1. The fourth-order valence-corrected chi connectivity index (χ4v) is 5.41. The Labute approximate surface area is 234 Å². The number of benzene rings is 3. The minimum atomic E-state index is -3.67. The second-order valence-corrected chi connectivity index (χ2v) is 12.4. The average Bonchev–Trinajstić information content (AvgIpc) is 2.93. The molecular formula is C30H34FN3O5S. The maximum atomic E-state index is 14.2. The summed E-state index contributed by atoms with van der Waals surface area (Å²) in [4.78, 5) is 26.7. The summed E-state index contributed by atoms with van der Waals surface area (Å²) in [7, 11) is -2.29. The van der Waals surface area contributed by atoms with Gasteiger partial charge >= 0.3 is 5.97 Å². The van der Waals surface area contributed by atoms with Crippen LogP contribution in [0.25, 0.3) is 0 Å². The summed E-state index contributed by atoms with van der Waals surface area (Å²) in [6.07, 6.45) is 2.15. The molecule has 4 rings (SSSR count). The zero-order valence-corrected chi connectivity index (χ0v) is 23.6. The molecule has 1 aliphatic heterocycles. The van der Waals surface area contributed by atoms with Gasteiger partial charge in [-0.15, -0.1) is 0 Å². The van der Waals surface area contributed by atoms with E-state index in [2.05, 4.69) is 5.32 Å². The molecule has 10 heteroatoms. The van der Waals surface area contributed by atoms with E-state index in [4.69, 9.17) is 10.5 Å². The summed E-state index contributed by atoms with van der Waals surface area (Å²) in [5, 5.41) is 3.12. The van der Waals surface area contributed by atoms with E-state index < -0.39 is 34.1 Å². The summed E-state index contributed by atoms with van der Waals surface area (Å²) in [5.41, 5.74) is 8.16. The van der Waals surface area contributed by atoms with E-state index in [0.717, 1.165) is 21.7 Å². The number of carbonyl (C=O) groups is 2. The molecule has 0 spiro atoms. The Morgan fingerprint density at radius 3 is 2.42 bits per heavy atom. The molecule has 40 heavy (non-hydrogen) atoms. The molecule has 1 aliphatic rings. The highest BCUT2D eigenvalue weighted by Gasteiger charge is 2.37. The van der Waals surface area contributed by atoms with Crippen LogP contribution >= 0.6 is 0 Å². The van der Waals surface area contributed by atoms with Crippen LogP contribution in [0.1, 0.15) is 50.6 Å². The first-order valence-corrected chi connectivity index (χ1v) is 14.8. The van der Waals surface area contributed by atoms with Gasteiger partial charge in [0.1, 0.15) is 18.8 Å². The van der Waals surface area contributed by atoms with Gasteiger partial charge in [-0.2, -0.15) is 0 Å². The molecular weight excluding hydrogens is 533 g/mol. The molecule has 3 aromatic carbocycles. The Balaban J connectivity index is 1.83. The largest absolute Gasteiger partial charge is 0.459 e. The Morgan fingerprint density at radius 1 is 1.05 bits per heavy atom. The maximum Gasteiger partial charge on any atom is 0.329 e. The second-order valence-electron chi connectivity index (χ2n) is 10.4. The summed E-state index contributed by atoms with van der Waals surface area (Å²) >= 11 is 0. The SMILES string of the molecule is Cc1c2cc(cc1N(C)S(C)(=O)=O)COC(=O)C(N)(CF)Cc1cccc(c1)CCC(c1ccccc1)NC2=O. The molecule has 0 radical (unpaired) electrons. The molecule has 3 N–H and O–H groups in total. The highest BCUT2D eigenvalue weighted by molar-refractivity contribution is 7.92. The van der Waals surface area contributed by atoms with Crippen molar-refractivity contribution in [3.63, 3.8) is 0 Å². The molecule has 2 unspecified atom stereocenters. The number of cyclic esters (lactones) is 1. The van der Waals surface area contributed by atoms with Crippen molar-refractivity contribution in [3.8, 4) is 0 Å². The minimum Gasteiger partial charge on any atom is -0.459 e. The predicted molar refractivity (Wildman–Crippen MR) is 152 cm³/mol. The molecule has 0 saturated carbocycles. The smallest absolute Gasteiger partial charge is 0.329 e. The topological polar surface area (TPSA) is 119 Å². The van der Waals surface area contributed by atoms with Crippen molar-refractivity contribution >= 4 is 27.6 Å². The molecule has 0 aliphatic carbocycles. The van der Waals surface area contributed by atoms with Crippen molar-refractivity contribution in [1.82, 2.24) is 5.32 Å². The van der Waals surface area contributed by atoms with Crippen LogP contribution in [0.3, 0.4) is 0 Å². The molecule has 212 valence electrons. The van der Waals surface area contributed by atoms with Gasteiger partial charge in [0.2, 0.25) is 10.0 Å². The fourth-order valence-electron chi connectivity index (χ4n) is 4.86. The van der Waals surface area contributed by atoms with Crippen LogP contribution in [0.2, 0.25) is 0 Å². The molecule has 3 aromatic rings. The number of alkyl halides is 1. The van der Waals surface area contributed by atoms with Gasteiger partial charge in [-0.3, -0.25) is 9.10 Å². The quantitative estimate of drug-likeness (QED) is 0.464. The van der Waals surface area contributed by atoms with E-state index in [1.807, 2.05) is 48.5 Å². The van der Waals surface area contributed by atoms with Gasteiger partial charge in [0.25, 0.3) is 5.91 Å². The lowest BCUT2D eigenvalue weighted by Gasteiger charge is -2.26. The minimum absolute atomic E-state index is 0.0593. The van der Waals surface area contributed by atoms with Crippen molar-refractivity contribution in [2.24, 2.45) is 5.73 Å². The third-order valence-corrected chi connectivity index (χ3v) is 8.47. The van der Waals surface area contributed by atoms with E-state index in [-0.39, 0.29) is 30.3 Å². The highest BCUT2D eigenvalue weighted by atomic mass is 32.2. The number of halogens is 1. The Kier molecular flexibility index (Phi) is 8.60. The van der Waals surface area contributed by atoms with Crippen LogP contribution in [-0.4, -0.2) is 45.8 Å². The van der Waals surface area contributed by atoms with Gasteiger partial charge in [0, 0.05) is 19.0 Å². The first-order chi connectivity index (χ1) is 18.9. The molecule has 0 fully saturated rings. The number of rotatable bonds is 4. The van der Waals surface area contributed by atoms with E-state index >= 15 is 0 Å². The molecule has 0 aromatic heterocycles. The predicted octanol–water partition coefficient (Wildman–Crippen LogP) is 3.76. The zero-order valence-electron chi connectivity index (χ0n) is 22.8. The van der Waals surface area contributed by atoms with Crippen molar-refractivity contribution in [3.05, 3.63) is 100 Å². The van der Waals surface area contributed by atoms with E-state index in [1.54, 1.807) is 19.1 Å². The van der Waals surface area contributed by atoms with Gasteiger partial charge in [-0.1, -0.05) is 54.6 Å². The summed E-state index contributed by atoms with van der Waals surface area (Å²) in [6.45, 7) is 0.206. The number of nitrogens with one attached hydrogen (secondary N) is 1. The lowest BCUT2D eigenvalue weighted by atomic mass is 9.91. The van der Waals surface area contributed by atoms with Crippen LogP contribution < -0.4 is 15.4 Å². The Morgan fingerprint density at radius 2 is 1.75 bits per heavy atom. The number of anilines is 1. The van der Waals surface area contributed by atoms with Gasteiger partial charge in [-0.05, 0) is 59.7 Å². The first kappa shape index (κ1) is 29.2. The number of ether oxygens (including phenoxy) is 1. The number of hydrogen-bond acceptors (Lipinski definition) is 6. The molecule has 1 heterocycles. The van der Waals surface area contributed by atoms with E-state index in [9.17, 15) is 22.4 Å². The number of hydrogen-bond donors (Lipinski definition) is 2. The van der Waals surface area contributed by atoms with Gasteiger partial charge in [0.05, 0.1) is 18.0 Å². The van der Waals surface area contributed by atoms with Crippen LogP contribution in [0, 0.1) is 6.92 Å². The second kappa shape index (κ2) is 11.8. The van der Waals surface area contributed by atoms with Crippen molar-refractivity contribution in [1.29, 1.82) is 0 Å².